The summed E-state index contributed by atoms with van der Waals surface area (Å²) < 4.78 is 7.25. The maximum absolute atomic E-state index is 13.5. The number of aromatic nitrogens is 6. The maximum atomic E-state index is 13.5. The van der Waals surface area contributed by atoms with Crippen molar-refractivity contribution in [2.45, 2.75) is 39.7 Å². The van der Waals surface area contributed by atoms with Crippen molar-refractivity contribution in [3.05, 3.63) is 77.4 Å². The number of imidazole rings is 1. The van der Waals surface area contributed by atoms with Crippen molar-refractivity contribution in [1.82, 2.24) is 30.2 Å². The summed E-state index contributed by atoms with van der Waals surface area (Å²) in [7, 11) is 0. The predicted molar refractivity (Wildman–Crippen MR) is 143 cm³/mol. The van der Waals surface area contributed by atoms with E-state index in [0.29, 0.717) is 23.6 Å². The lowest BCUT2D eigenvalue weighted by Gasteiger charge is -2.15. The van der Waals surface area contributed by atoms with Crippen molar-refractivity contribution in [3.63, 3.8) is 0 Å². The lowest BCUT2D eigenvalue weighted by atomic mass is 10.1. The van der Waals surface area contributed by atoms with Crippen LogP contribution in [-0.4, -0.2) is 55.2 Å². The van der Waals surface area contributed by atoms with Gasteiger partial charge in [-0.25, -0.2) is 4.98 Å². The van der Waals surface area contributed by atoms with E-state index in [4.69, 9.17) is 9.72 Å². The van der Waals surface area contributed by atoms with Crippen molar-refractivity contribution in [1.29, 1.82) is 0 Å². The number of rotatable bonds is 10. The molecule has 38 heavy (non-hydrogen) atoms. The number of fused-ring (bicyclic) bond motifs is 1. The van der Waals surface area contributed by atoms with E-state index in [-0.39, 0.29) is 19.1 Å². The SMILES string of the molecule is CCCCc1ncc(C=C2C(=O)N(CC(=O)OCC)c3ccccc32)n1Cc1ccc(-c2nn[nH]n2)cc1. The van der Waals surface area contributed by atoms with Crippen LogP contribution in [0.15, 0.2) is 54.7 Å². The Balaban J connectivity index is 1.48. The van der Waals surface area contributed by atoms with Crippen molar-refractivity contribution < 1.29 is 14.3 Å². The fourth-order valence-corrected chi connectivity index (χ4v) is 4.57. The van der Waals surface area contributed by atoms with Crippen molar-refractivity contribution >= 4 is 29.2 Å². The standard InChI is InChI=1S/C28H29N7O3/c1-3-5-10-25-29-16-21(34(25)17-19-11-13-20(14-12-19)27-30-32-33-31-27)15-23-22-8-6-7-9-24(22)35(28(23)37)18-26(36)38-4-2/h6-9,11-16H,3-5,10,17-18H2,1-2H3,(H,30,31,32,33). The Morgan fingerprint density at radius 1 is 1.11 bits per heavy atom. The summed E-state index contributed by atoms with van der Waals surface area (Å²) in [5.41, 5.74) is 4.79. The van der Waals surface area contributed by atoms with Crippen molar-refractivity contribution in [2.24, 2.45) is 0 Å². The monoisotopic (exact) mass is 511 g/mol. The van der Waals surface area contributed by atoms with Gasteiger partial charge in [-0.3, -0.25) is 14.5 Å². The van der Waals surface area contributed by atoms with Crippen LogP contribution in [0.2, 0.25) is 0 Å². The van der Waals surface area contributed by atoms with Gasteiger partial charge in [0.05, 0.1) is 29.8 Å². The third-order valence-electron chi connectivity index (χ3n) is 6.47. The van der Waals surface area contributed by atoms with E-state index in [1.807, 2.05) is 60.8 Å². The van der Waals surface area contributed by atoms with Gasteiger partial charge in [0, 0.05) is 24.1 Å². The first-order valence-electron chi connectivity index (χ1n) is 12.7. The van der Waals surface area contributed by atoms with Crippen LogP contribution in [0, 0.1) is 0 Å². The predicted octanol–water partition coefficient (Wildman–Crippen LogP) is 3.90. The van der Waals surface area contributed by atoms with Gasteiger partial charge in [-0.1, -0.05) is 55.8 Å². The number of nitrogens with zero attached hydrogens (tertiary/aromatic N) is 6. The highest BCUT2D eigenvalue weighted by Crippen LogP contribution is 2.37. The van der Waals surface area contributed by atoms with Gasteiger partial charge in [0.2, 0.25) is 5.82 Å². The Labute approximate surface area is 220 Å². The Kier molecular flexibility index (Phi) is 7.39. The molecule has 0 aliphatic carbocycles. The van der Waals surface area contributed by atoms with Crippen LogP contribution in [0.3, 0.4) is 0 Å². The fraction of sp³-hybridized carbons (Fsp3) is 0.286. The van der Waals surface area contributed by atoms with Gasteiger partial charge in [0.25, 0.3) is 5.91 Å². The number of carbonyl (C=O) groups excluding carboxylic acids is 2. The molecule has 2 aromatic carbocycles. The average Bonchev–Trinajstić information content (AvgIpc) is 3.65. The number of esters is 1. The molecule has 1 N–H and O–H groups in total. The molecule has 4 aromatic rings. The number of unbranched alkanes of at least 4 members (excludes halogenated alkanes) is 1. The van der Waals surface area contributed by atoms with Crippen LogP contribution >= 0.6 is 0 Å². The highest BCUT2D eigenvalue weighted by Gasteiger charge is 2.34. The lowest BCUT2D eigenvalue weighted by molar-refractivity contribution is -0.142. The second-order valence-corrected chi connectivity index (χ2v) is 8.99. The van der Waals surface area contributed by atoms with Crippen LogP contribution in [0.4, 0.5) is 5.69 Å². The molecular formula is C28H29N7O3. The number of benzene rings is 2. The summed E-state index contributed by atoms with van der Waals surface area (Å²) >= 11 is 0. The van der Waals surface area contributed by atoms with Crippen molar-refractivity contribution in [3.8, 4) is 11.4 Å². The quantitative estimate of drug-likeness (QED) is 0.253. The van der Waals surface area contributed by atoms with Gasteiger partial charge in [-0.05, 0) is 36.3 Å². The van der Waals surface area contributed by atoms with E-state index in [1.54, 1.807) is 6.92 Å². The van der Waals surface area contributed by atoms with E-state index >= 15 is 0 Å². The zero-order chi connectivity index (χ0) is 26.5. The molecular weight excluding hydrogens is 482 g/mol. The molecule has 0 unspecified atom stereocenters. The van der Waals surface area contributed by atoms with E-state index in [0.717, 1.165) is 47.5 Å². The van der Waals surface area contributed by atoms with Crippen LogP contribution in [0.25, 0.3) is 23.0 Å². The number of H-pyrrole nitrogens is 1. The minimum atomic E-state index is -0.437. The largest absolute Gasteiger partial charge is 0.465 e. The summed E-state index contributed by atoms with van der Waals surface area (Å²) in [5, 5.41) is 14.2. The van der Waals surface area contributed by atoms with E-state index in [1.165, 1.54) is 4.90 Å². The molecule has 10 heteroatoms. The van der Waals surface area contributed by atoms with Crippen LogP contribution < -0.4 is 4.90 Å². The molecule has 0 saturated heterocycles. The fourth-order valence-electron chi connectivity index (χ4n) is 4.57. The molecule has 10 nitrogen and oxygen atoms in total. The number of hydrogen-bond acceptors (Lipinski definition) is 7. The first kappa shape index (κ1) is 25.1. The number of aryl methyl sites for hydroxylation is 1. The number of hydrogen-bond donors (Lipinski definition) is 1. The van der Waals surface area contributed by atoms with Crippen molar-refractivity contribution in [2.75, 3.05) is 18.1 Å². The molecule has 194 valence electrons. The summed E-state index contributed by atoms with van der Waals surface area (Å²) in [4.78, 5) is 31.9. The first-order chi connectivity index (χ1) is 18.6. The molecule has 0 spiro atoms. The highest BCUT2D eigenvalue weighted by atomic mass is 16.5. The molecule has 1 amide bonds. The van der Waals surface area contributed by atoms with E-state index in [2.05, 4.69) is 32.1 Å². The second kappa shape index (κ2) is 11.2. The van der Waals surface area contributed by atoms with Gasteiger partial charge >= 0.3 is 5.97 Å². The summed E-state index contributed by atoms with van der Waals surface area (Å²) in [5.74, 6) is 0.835. The lowest BCUT2D eigenvalue weighted by Crippen LogP contribution is -2.33. The Hall–Kier alpha value is -4.60. The average molecular weight is 512 g/mol. The zero-order valence-corrected chi connectivity index (χ0v) is 21.4. The summed E-state index contributed by atoms with van der Waals surface area (Å²) in [6, 6.07) is 15.5. The second-order valence-electron chi connectivity index (χ2n) is 8.99. The molecule has 3 heterocycles. The summed E-state index contributed by atoms with van der Waals surface area (Å²) in [6.45, 7) is 4.63. The smallest absolute Gasteiger partial charge is 0.326 e. The van der Waals surface area contributed by atoms with Gasteiger partial charge in [-0.15, -0.1) is 10.2 Å². The maximum Gasteiger partial charge on any atom is 0.326 e. The number of tetrazole rings is 1. The first-order valence-corrected chi connectivity index (χ1v) is 12.7. The highest BCUT2D eigenvalue weighted by molar-refractivity contribution is 6.36. The van der Waals surface area contributed by atoms with Gasteiger partial charge < -0.3 is 9.30 Å². The number of ether oxygens (including phenoxy) is 1. The van der Waals surface area contributed by atoms with Gasteiger partial charge in [0.1, 0.15) is 12.4 Å². The van der Waals surface area contributed by atoms with Crippen LogP contribution in [0.1, 0.15) is 49.3 Å². The van der Waals surface area contributed by atoms with Gasteiger partial charge in [0.15, 0.2) is 0 Å². The molecule has 0 atom stereocenters. The Morgan fingerprint density at radius 3 is 2.66 bits per heavy atom. The number of para-hydroxylation sites is 1. The number of nitrogens with one attached hydrogen (secondary N) is 1. The minimum absolute atomic E-state index is 0.130. The molecule has 0 bridgehead atoms. The third-order valence-corrected chi connectivity index (χ3v) is 6.47. The number of amides is 1. The number of anilines is 1. The zero-order valence-electron chi connectivity index (χ0n) is 21.4. The molecule has 0 fully saturated rings. The topological polar surface area (TPSA) is 119 Å². The molecule has 2 aromatic heterocycles. The molecule has 1 aliphatic heterocycles. The summed E-state index contributed by atoms with van der Waals surface area (Å²) in [6.07, 6.45) is 6.59. The molecule has 0 saturated carbocycles. The minimum Gasteiger partial charge on any atom is -0.465 e. The van der Waals surface area contributed by atoms with Gasteiger partial charge in [-0.2, -0.15) is 5.21 Å². The molecule has 1 aliphatic rings. The van der Waals surface area contributed by atoms with Crippen LogP contribution in [0.5, 0.6) is 0 Å². The third kappa shape index (κ3) is 5.10. The Morgan fingerprint density at radius 2 is 1.92 bits per heavy atom. The van der Waals surface area contributed by atoms with E-state index in [9.17, 15) is 9.59 Å². The molecule has 5 rings (SSSR count). The van der Waals surface area contributed by atoms with Crippen LogP contribution in [-0.2, 0) is 27.3 Å². The number of aromatic amines is 1. The normalized spacial score (nSPS) is 13.8. The van der Waals surface area contributed by atoms with E-state index < -0.39 is 5.97 Å². The Bertz CT molecular complexity index is 1460. The molecule has 0 radical (unpaired) electrons. The number of carbonyl (C=O) groups is 2.